The number of benzene rings is 2. The van der Waals surface area contributed by atoms with Gasteiger partial charge in [0, 0.05) is 41.2 Å². The normalized spacial score (nSPS) is 7.09. The molecule has 0 aliphatic carbocycles. The van der Waals surface area contributed by atoms with E-state index in [1.54, 1.807) is 24.3 Å². The van der Waals surface area contributed by atoms with Crippen molar-refractivity contribution in [3.8, 4) is 23.0 Å². The van der Waals surface area contributed by atoms with Gasteiger partial charge in [-0.15, -0.1) is 0 Å². The van der Waals surface area contributed by atoms with Gasteiger partial charge in [-0.05, 0) is 31.3 Å². The average molecular weight is 395 g/mol. The first-order valence-corrected chi connectivity index (χ1v) is 5.57. The summed E-state index contributed by atoms with van der Waals surface area (Å²) < 4.78 is 0. The van der Waals surface area contributed by atoms with Crippen LogP contribution in [0.15, 0.2) is 48.5 Å². The number of phenolic OH excluding ortho intramolecular Hbond substituents is 4. The first-order valence-electron chi connectivity index (χ1n) is 5.57. The van der Waals surface area contributed by atoms with Crippen molar-refractivity contribution < 1.29 is 59.7 Å². The maximum Gasteiger partial charge on any atom is 0.157 e. The van der Waals surface area contributed by atoms with Crippen LogP contribution in [0.3, 0.4) is 0 Å². The van der Waals surface area contributed by atoms with Gasteiger partial charge in [-0.2, -0.15) is 0 Å². The van der Waals surface area contributed by atoms with Gasteiger partial charge in [-0.3, -0.25) is 0 Å². The van der Waals surface area contributed by atoms with Gasteiger partial charge in [0.25, 0.3) is 0 Å². The van der Waals surface area contributed by atoms with Crippen molar-refractivity contribution >= 4 is 0 Å². The Balaban J connectivity index is -0.000000112. The Morgan fingerprint density at radius 3 is 0.773 bits per heavy atom. The molecule has 0 aliphatic rings. The third-order valence-electron chi connectivity index (χ3n) is 1.76. The van der Waals surface area contributed by atoms with Crippen molar-refractivity contribution in [3.63, 3.8) is 0 Å². The minimum absolute atomic E-state index is 0. The molecule has 0 bridgehead atoms. The SMILES string of the molecule is CN.CO.Oc1ccccc1O.Oc1ccccc1O.[Fe].[Fe]. The molecule has 0 saturated heterocycles. The second-order valence-electron chi connectivity index (χ2n) is 2.98. The van der Waals surface area contributed by atoms with Crippen molar-refractivity contribution in [2.45, 2.75) is 0 Å². The van der Waals surface area contributed by atoms with Crippen LogP contribution in [0.4, 0.5) is 0 Å². The monoisotopic (exact) mass is 395 g/mol. The molecule has 0 atom stereocenters. The molecule has 128 valence electrons. The summed E-state index contributed by atoms with van der Waals surface area (Å²) in [7, 11) is 2.50. The van der Waals surface area contributed by atoms with Crippen LogP contribution in [0.25, 0.3) is 0 Å². The summed E-state index contributed by atoms with van der Waals surface area (Å²) in [6.45, 7) is 0. The van der Waals surface area contributed by atoms with Crippen molar-refractivity contribution in [2.75, 3.05) is 14.2 Å². The zero-order chi connectivity index (χ0) is 16.0. The molecule has 0 radical (unpaired) electrons. The number of nitrogens with two attached hydrogens (primary N) is 1. The number of rotatable bonds is 0. The van der Waals surface area contributed by atoms with Gasteiger partial charge in [0.2, 0.25) is 0 Å². The molecule has 0 amide bonds. The second kappa shape index (κ2) is 19.6. The van der Waals surface area contributed by atoms with Gasteiger partial charge in [0.15, 0.2) is 23.0 Å². The van der Waals surface area contributed by atoms with Crippen molar-refractivity contribution in [2.24, 2.45) is 5.73 Å². The quantitative estimate of drug-likeness (QED) is 0.296. The van der Waals surface area contributed by atoms with Crippen LogP contribution in [0.1, 0.15) is 0 Å². The summed E-state index contributed by atoms with van der Waals surface area (Å²) in [4.78, 5) is 0. The number of phenols is 4. The number of para-hydroxylation sites is 4. The maximum atomic E-state index is 8.67. The van der Waals surface area contributed by atoms with Crippen LogP contribution >= 0.6 is 0 Å². The second-order valence-corrected chi connectivity index (χ2v) is 2.98. The van der Waals surface area contributed by atoms with Gasteiger partial charge in [-0.25, -0.2) is 0 Å². The molecule has 0 saturated carbocycles. The number of aromatic hydroxyl groups is 4. The Bertz CT molecular complexity index is 387. The minimum atomic E-state index is -0.0764. The van der Waals surface area contributed by atoms with E-state index in [4.69, 9.17) is 25.5 Å². The van der Waals surface area contributed by atoms with Crippen LogP contribution in [-0.4, -0.2) is 39.7 Å². The summed E-state index contributed by atoms with van der Waals surface area (Å²) in [5, 5.41) is 41.7. The standard InChI is InChI=1S/2C6H6O2.CH5N.CH4O.2Fe/c2*7-5-3-1-2-4-6(5)8;2*1-2;;/h2*1-4,7-8H;2H2,1H3;2H,1H3;;. The van der Waals surface area contributed by atoms with Crippen LogP contribution in [0, 0.1) is 0 Å². The zero-order valence-corrected chi connectivity index (χ0v) is 14.3. The van der Waals surface area contributed by atoms with E-state index in [2.05, 4.69) is 5.73 Å². The summed E-state index contributed by atoms with van der Waals surface area (Å²) in [6.07, 6.45) is 0. The molecular weight excluding hydrogens is 374 g/mol. The molecule has 7 N–H and O–H groups in total. The van der Waals surface area contributed by atoms with Crippen molar-refractivity contribution in [1.82, 2.24) is 0 Å². The molecule has 6 nitrogen and oxygen atoms in total. The molecule has 0 heterocycles. The Hall–Kier alpha value is -1.40. The van der Waals surface area contributed by atoms with Gasteiger partial charge in [0.1, 0.15) is 0 Å². The van der Waals surface area contributed by atoms with Crippen LogP contribution in [0.5, 0.6) is 23.0 Å². The molecule has 0 aromatic heterocycles. The Kier molecular flexibility index (Phi) is 25.6. The van der Waals surface area contributed by atoms with E-state index in [0.29, 0.717) is 0 Å². The van der Waals surface area contributed by atoms with E-state index in [-0.39, 0.29) is 57.1 Å². The van der Waals surface area contributed by atoms with Crippen LogP contribution in [-0.2, 0) is 34.1 Å². The molecule has 0 aliphatic heterocycles. The van der Waals surface area contributed by atoms with E-state index in [9.17, 15) is 0 Å². The van der Waals surface area contributed by atoms with Gasteiger partial charge in [0.05, 0.1) is 0 Å². The Morgan fingerprint density at radius 2 is 0.682 bits per heavy atom. The van der Waals surface area contributed by atoms with E-state index in [1.165, 1.54) is 31.3 Å². The fraction of sp³-hybridized carbons (Fsp3) is 0.143. The number of hydrogen-bond donors (Lipinski definition) is 6. The largest absolute Gasteiger partial charge is 0.504 e. The smallest absolute Gasteiger partial charge is 0.157 e. The summed E-state index contributed by atoms with van der Waals surface area (Å²) >= 11 is 0. The topological polar surface area (TPSA) is 127 Å². The van der Waals surface area contributed by atoms with Gasteiger partial charge >= 0.3 is 0 Å². The van der Waals surface area contributed by atoms with Gasteiger partial charge < -0.3 is 31.3 Å². The summed E-state index contributed by atoms with van der Waals surface area (Å²) in [5.41, 5.74) is 4.50. The molecule has 8 heteroatoms. The third kappa shape index (κ3) is 13.6. The molecule has 2 aromatic carbocycles. The van der Waals surface area contributed by atoms with Gasteiger partial charge in [-0.1, -0.05) is 24.3 Å². The minimum Gasteiger partial charge on any atom is -0.504 e. The molecular formula is C14H21Fe2NO5. The Labute approximate surface area is 151 Å². The summed E-state index contributed by atoms with van der Waals surface area (Å²) in [6, 6.07) is 12.3. The molecule has 2 rings (SSSR count). The first-order chi connectivity index (χ1) is 9.61. The van der Waals surface area contributed by atoms with E-state index >= 15 is 0 Å². The molecule has 2 aromatic rings. The summed E-state index contributed by atoms with van der Waals surface area (Å²) in [5.74, 6) is -0.306. The van der Waals surface area contributed by atoms with Crippen molar-refractivity contribution in [1.29, 1.82) is 0 Å². The molecule has 22 heavy (non-hydrogen) atoms. The zero-order valence-electron chi connectivity index (χ0n) is 12.1. The van der Waals surface area contributed by atoms with Crippen LogP contribution < -0.4 is 5.73 Å². The predicted molar refractivity (Wildman–Crippen MR) is 77.8 cm³/mol. The van der Waals surface area contributed by atoms with E-state index in [1.807, 2.05) is 0 Å². The third-order valence-corrected chi connectivity index (χ3v) is 1.76. The maximum absolute atomic E-state index is 8.67. The molecule has 0 spiro atoms. The first kappa shape index (κ1) is 28.7. The van der Waals surface area contributed by atoms with E-state index < -0.39 is 0 Å². The fourth-order valence-corrected chi connectivity index (χ4v) is 0.928. The number of aliphatic hydroxyl groups is 1. The van der Waals surface area contributed by atoms with Crippen LogP contribution in [0.2, 0.25) is 0 Å². The average Bonchev–Trinajstić information content (AvgIpc) is 2.50. The molecule has 0 fully saturated rings. The molecule has 0 unspecified atom stereocenters. The van der Waals surface area contributed by atoms with Crippen molar-refractivity contribution in [3.05, 3.63) is 48.5 Å². The number of aliphatic hydroxyl groups excluding tert-OH is 1. The number of hydrogen-bond acceptors (Lipinski definition) is 6. The predicted octanol–water partition coefficient (Wildman–Crippen LogP) is 1.37. The Morgan fingerprint density at radius 1 is 0.545 bits per heavy atom. The van der Waals surface area contributed by atoms with E-state index in [0.717, 1.165) is 7.11 Å². The fourth-order valence-electron chi connectivity index (χ4n) is 0.928.